The molecule has 24 heavy (non-hydrogen) atoms. The van der Waals surface area contributed by atoms with Crippen molar-refractivity contribution in [3.05, 3.63) is 47.7 Å². The van der Waals surface area contributed by atoms with E-state index in [2.05, 4.69) is 9.97 Å². The number of carbonyl (C=O) groups excluding carboxylic acids is 2. The summed E-state index contributed by atoms with van der Waals surface area (Å²) < 4.78 is 0. The van der Waals surface area contributed by atoms with E-state index < -0.39 is 11.6 Å². The Balaban J connectivity index is 2.56. The minimum Gasteiger partial charge on any atom is -0.275 e. The minimum atomic E-state index is -0.692. The fourth-order valence-corrected chi connectivity index (χ4v) is 2.43. The van der Waals surface area contributed by atoms with Crippen molar-refractivity contribution in [2.45, 2.75) is 33.2 Å². The van der Waals surface area contributed by atoms with Crippen LogP contribution in [0.2, 0.25) is 5.02 Å². The third kappa shape index (κ3) is 3.89. The van der Waals surface area contributed by atoms with E-state index in [-0.39, 0.29) is 11.9 Å². The lowest BCUT2D eigenvalue weighted by Crippen LogP contribution is -2.53. The quantitative estimate of drug-likeness (QED) is 0.823. The molecule has 0 saturated heterocycles. The molecule has 1 aromatic heterocycles. The Bertz CT molecular complexity index is 727. The predicted molar refractivity (Wildman–Crippen MR) is 93.3 cm³/mol. The van der Waals surface area contributed by atoms with E-state index >= 15 is 0 Å². The molecule has 0 unspecified atom stereocenters. The van der Waals surface area contributed by atoms with E-state index in [1.165, 1.54) is 29.1 Å². The maximum Gasteiger partial charge on any atom is 0.338 e. The molecule has 6 nitrogen and oxygen atoms in total. The van der Waals surface area contributed by atoms with Crippen LogP contribution in [0.15, 0.2) is 42.7 Å². The molecule has 0 aliphatic heterocycles. The maximum absolute atomic E-state index is 13.1. The average molecular weight is 347 g/mol. The summed E-state index contributed by atoms with van der Waals surface area (Å²) >= 11 is 5.93. The van der Waals surface area contributed by atoms with Gasteiger partial charge in [0.2, 0.25) is 11.9 Å². The molecule has 0 bridgehead atoms. The highest BCUT2D eigenvalue weighted by atomic mass is 35.5. The highest BCUT2D eigenvalue weighted by Crippen LogP contribution is 2.27. The lowest BCUT2D eigenvalue weighted by Gasteiger charge is -2.36. The molecule has 0 fully saturated rings. The Kier molecular flexibility index (Phi) is 5.19. The monoisotopic (exact) mass is 346 g/mol. The zero-order valence-corrected chi connectivity index (χ0v) is 14.8. The molecule has 0 aliphatic carbocycles. The molecule has 1 aromatic carbocycles. The Morgan fingerprint density at radius 3 is 2.04 bits per heavy atom. The number of carbonyl (C=O) groups is 2. The van der Waals surface area contributed by atoms with Crippen LogP contribution >= 0.6 is 11.6 Å². The lowest BCUT2D eigenvalue weighted by molar-refractivity contribution is -0.129. The number of aromatic nitrogens is 2. The molecule has 0 radical (unpaired) electrons. The molecule has 0 atom stereocenters. The summed E-state index contributed by atoms with van der Waals surface area (Å²) in [4.78, 5) is 36.0. The molecule has 7 heteroatoms. The van der Waals surface area contributed by atoms with Crippen LogP contribution in [-0.2, 0) is 4.79 Å². The normalized spacial score (nSPS) is 11.0. The van der Waals surface area contributed by atoms with Gasteiger partial charge in [-0.25, -0.2) is 19.7 Å². The van der Waals surface area contributed by atoms with Gasteiger partial charge in [0.1, 0.15) is 0 Å². The van der Waals surface area contributed by atoms with Gasteiger partial charge in [0.25, 0.3) is 0 Å². The van der Waals surface area contributed by atoms with Crippen LogP contribution in [0.4, 0.5) is 16.4 Å². The van der Waals surface area contributed by atoms with Crippen molar-refractivity contribution in [2.75, 3.05) is 4.90 Å². The summed E-state index contributed by atoms with van der Waals surface area (Å²) in [5.41, 5.74) is -0.173. The van der Waals surface area contributed by atoms with Crippen LogP contribution in [0.25, 0.3) is 0 Å². The molecule has 0 N–H and O–H groups in total. The Morgan fingerprint density at radius 1 is 1.04 bits per heavy atom. The molecule has 0 spiro atoms. The van der Waals surface area contributed by atoms with Crippen LogP contribution in [-0.4, -0.2) is 32.3 Å². The van der Waals surface area contributed by atoms with Crippen LogP contribution in [0, 0.1) is 0 Å². The number of hydrogen-bond acceptors (Lipinski definition) is 4. The van der Waals surface area contributed by atoms with Crippen LogP contribution in [0.3, 0.4) is 0 Å². The molecular weight excluding hydrogens is 328 g/mol. The highest BCUT2D eigenvalue weighted by Gasteiger charge is 2.35. The number of hydrogen-bond donors (Lipinski definition) is 0. The molecule has 126 valence electrons. The number of halogens is 1. The highest BCUT2D eigenvalue weighted by molar-refractivity contribution is 6.30. The van der Waals surface area contributed by atoms with Crippen LogP contribution < -0.4 is 4.90 Å². The molecule has 0 saturated carbocycles. The second kappa shape index (κ2) is 6.97. The molecule has 1 heterocycles. The minimum absolute atomic E-state index is 0.181. The van der Waals surface area contributed by atoms with Gasteiger partial charge >= 0.3 is 6.03 Å². The van der Waals surface area contributed by atoms with Gasteiger partial charge in [0.15, 0.2) is 0 Å². The first kappa shape index (κ1) is 17.9. The maximum atomic E-state index is 13.1. The largest absolute Gasteiger partial charge is 0.338 e. The molecule has 2 rings (SSSR count). The molecule has 3 amide bonds. The van der Waals surface area contributed by atoms with Crippen molar-refractivity contribution in [1.82, 2.24) is 14.9 Å². The second-order valence-electron chi connectivity index (χ2n) is 6.17. The summed E-state index contributed by atoms with van der Waals surface area (Å²) in [5.74, 6) is -0.178. The molecule has 2 aromatic rings. The molecule has 0 aliphatic rings. The smallest absolute Gasteiger partial charge is 0.275 e. The summed E-state index contributed by atoms with van der Waals surface area (Å²) in [7, 11) is 0. The second-order valence-corrected chi connectivity index (χ2v) is 6.60. The van der Waals surface area contributed by atoms with E-state index in [0.717, 1.165) is 0 Å². The van der Waals surface area contributed by atoms with Crippen LogP contribution in [0.5, 0.6) is 0 Å². The van der Waals surface area contributed by atoms with Gasteiger partial charge in [0, 0.05) is 29.9 Å². The van der Waals surface area contributed by atoms with Crippen molar-refractivity contribution in [3.63, 3.8) is 0 Å². The number of nitrogens with zero attached hydrogens (tertiary/aromatic N) is 4. The topological polar surface area (TPSA) is 66.4 Å². The van der Waals surface area contributed by atoms with E-state index in [0.29, 0.717) is 10.7 Å². The van der Waals surface area contributed by atoms with Gasteiger partial charge in [-0.2, -0.15) is 0 Å². The first-order valence-electron chi connectivity index (χ1n) is 7.39. The summed E-state index contributed by atoms with van der Waals surface area (Å²) in [6, 6.07) is 7.81. The fraction of sp³-hybridized carbons (Fsp3) is 0.294. The van der Waals surface area contributed by atoms with Gasteiger partial charge in [-0.15, -0.1) is 0 Å². The van der Waals surface area contributed by atoms with Gasteiger partial charge < -0.3 is 0 Å². The third-order valence-electron chi connectivity index (χ3n) is 3.21. The van der Waals surface area contributed by atoms with Crippen molar-refractivity contribution in [3.8, 4) is 0 Å². The van der Waals surface area contributed by atoms with Crippen molar-refractivity contribution in [1.29, 1.82) is 0 Å². The van der Waals surface area contributed by atoms with Crippen molar-refractivity contribution >= 4 is 35.2 Å². The predicted octanol–water partition coefficient (Wildman–Crippen LogP) is 4.04. The van der Waals surface area contributed by atoms with Crippen molar-refractivity contribution in [2.24, 2.45) is 0 Å². The number of anilines is 2. The van der Waals surface area contributed by atoms with Crippen molar-refractivity contribution < 1.29 is 9.59 Å². The van der Waals surface area contributed by atoms with E-state index in [1.807, 2.05) is 0 Å². The summed E-state index contributed by atoms with van der Waals surface area (Å²) in [6.45, 7) is 6.73. The van der Waals surface area contributed by atoms with Crippen LogP contribution in [0.1, 0.15) is 27.7 Å². The third-order valence-corrected chi connectivity index (χ3v) is 3.46. The molecular formula is C17H19ClN4O2. The lowest BCUT2D eigenvalue weighted by atomic mass is 10.1. The number of rotatable bonds is 2. The number of imide groups is 1. The first-order valence-corrected chi connectivity index (χ1v) is 7.77. The number of amides is 3. The standard InChI is InChI=1S/C17H19ClN4O2/c1-12(23)22(17(2,3)4)16(24)21(15-19-10-5-11-20-15)14-8-6-13(18)7-9-14/h5-11H,1-4H3. The zero-order chi connectivity index (χ0) is 17.9. The zero-order valence-electron chi connectivity index (χ0n) is 14.0. The van der Waals surface area contributed by atoms with Gasteiger partial charge in [-0.1, -0.05) is 11.6 Å². The SMILES string of the molecule is CC(=O)N(C(=O)N(c1ccc(Cl)cc1)c1ncccn1)C(C)(C)C. The van der Waals surface area contributed by atoms with E-state index in [4.69, 9.17) is 11.6 Å². The summed E-state index contributed by atoms with van der Waals surface area (Å²) in [5, 5.41) is 0.541. The first-order chi connectivity index (χ1) is 11.2. The van der Waals surface area contributed by atoms with Gasteiger partial charge in [-0.3, -0.25) is 9.69 Å². The Morgan fingerprint density at radius 2 is 1.58 bits per heavy atom. The van der Waals surface area contributed by atoms with E-state index in [9.17, 15) is 9.59 Å². The Hall–Kier alpha value is -2.47. The van der Waals surface area contributed by atoms with Gasteiger partial charge in [0.05, 0.1) is 5.69 Å². The van der Waals surface area contributed by atoms with E-state index in [1.54, 1.807) is 51.1 Å². The van der Waals surface area contributed by atoms with Gasteiger partial charge in [-0.05, 0) is 51.1 Å². The number of urea groups is 1. The summed E-state index contributed by atoms with van der Waals surface area (Å²) in [6.07, 6.45) is 3.07. The fourth-order valence-electron chi connectivity index (χ4n) is 2.30. The average Bonchev–Trinajstić information content (AvgIpc) is 2.49. The Labute approximate surface area is 146 Å². The number of benzene rings is 1.